The largest absolute Gasteiger partial charge is 0.508 e. The average molecular weight is 490 g/mol. The Balaban J connectivity index is 1.78. The van der Waals surface area contributed by atoms with Crippen LogP contribution < -0.4 is 9.47 Å². The molecule has 2 N–H and O–H groups in total. The number of rotatable bonds is 7. The molecule has 0 heterocycles. The van der Waals surface area contributed by atoms with E-state index in [1.54, 1.807) is 43.5 Å². The van der Waals surface area contributed by atoms with Gasteiger partial charge in [0.25, 0.3) is 0 Å². The molecule has 0 fully saturated rings. The molecule has 3 rings (SSSR count). The molecule has 0 spiro atoms. The van der Waals surface area contributed by atoms with E-state index in [2.05, 4.69) is 15.9 Å². The Hall–Kier alpha value is -2.96. The van der Waals surface area contributed by atoms with Gasteiger partial charge in [-0.15, -0.1) is 0 Å². The van der Waals surface area contributed by atoms with E-state index in [1.807, 2.05) is 6.07 Å². The van der Waals surface area contributed by atoms with Crippen LogP contribution in [0.25, 0.3) is 6.08 Å². The van der Waals surface area contributed by atoms with Crippen LogP contribution in [0.15, 0.2) is 65.1 Å². The van der Waals surface area contributed by atoms with E-state index in [-0.39, 0.29) is 29.5 Å². The number of aromatic hydroxyl groups is 2. The number of halogens is 2. The molecule has 0 aliphatic carbocycles. The zero-order valence-corrected chi connectivity index (χ0v) is 18.3. The second-order valence-electron chi connectivity index (χ2n) is 6.33. The van der Waals surface area contributed by atoms with Crippen LogP contribution in [-0.4, -0.2) is 23.1 Å². The summed E-state index contributed by atoms with van der Waals surface area (Å²) in [6.45, 7) is 0.248. The predicted molar refractivity (Wildman–Crippen MR) is 120 cm³/mol. The van der Waals surface area contributed by atoms with Crippen LogP contribution in [0.5, 0.6) is 23.0 Å². The molecular formula is C23H18BrClO5. The third kappa shape index (κ3) is 5.34. The lowest BCUT2D eigenvalue weighted by molar-refractivity contribution is 0.104. The number of hydrogen-bond acceptors (Lipinski definition) is 5. The molecule has 0 bridgehead atoms. The first-order valence-electron chi connectivity index (χ1n) is 8.86. The lowest BCUT2D eigenvalue weighted by Gasteiger charge is -2.12. The minimum atomic E-state index is -0.383. The smallest absolute Gasteiger partial charge is 0.189 e. The van der Waals surface area contributed by atoms with E-state index in [9.17, 15) is 15.0 Å². The fourth-order valence-electron chi connectivity index (χ4n) is 2.75. The summed E-state index contributed by atoms with van der Waals surface area (Å²) in [5.41, 5.74) is 1.66. The van der Waals surface area contributed by atoms with E-state index in [1.165, 1.54) is 18.2 Å². The molecule has 0 amide bonds. The highest BCUT2D eigenvalue weighted by atomic mass is 79.9. The summed E-state index contributed by atoms with van der Waals surface area (Å²) < 4.78 is 12.0. The average Bonchev–Trinajstić information content (AvgIpc) is 2.71. The van der Waals surface area contributed by atoms with Gasteiger partial charge in [0.15, 0.2) is 5.78 Å². The van der Waals surface area contributed by atoms with Crippen LogP contribution in [0.2, 0.25) is 5.02 Å². The first kappa shape index (κ1) is 21.7. The Morgan fingerprint density at radius 3 is 2.53 bits per heavy atom. The van der Waals surface area contributed by atoms with Gasteiger partial charge >= 0.3 is 0 Å². The maximum Gasteiger partial charge on any atom is 0.189 e. The van der Waals surface area contributed by atoms with E-state index in [0.29, 0.717) is 16.5 Å². The second kappa shape index (κ2) is 9.69. The van der Waals surface area contributed by atoms with Crippen molar-refractivity contribution in [2.24, 2.45) is 0 Å². The lowest BCUT2D eigenvalue weighted by Crippen LogP contribution is -2.00. The zero-order chi connectivity index (χ0) is 21.7. The number of benzene rings is 3. The van der Waals surface area contributed by atoms with Crippen molar-refractivity contribution >= 4 is 39.4 Å². The van der Waals surface area contributed by atoms with Crippen molar-refractivity contribution in [2.45, 2.75) is 6.61 Å². The topological polar surface area (TPSA) is 76.0 Å². The molecule has 0 unspecified atom stereocenters. The zero-order valence-electron chi connectivity index (χ0n) is 15.9. The summed E-state index contributed by atoms with van der Waals surface area (Å²) in [6, 6.07) is 14.5. The highest BCUT2D eigenvalue weighted by Gasteiger charge is 2.10. The van der Waals surface area contributed by atoms with Crippen LogP contribution in [0.4, 0.5) is 0 Å². The van der Waals surface area contributed by atoms with Gasteiger partial charge in [-0.25, -0.2) is 0 Å². The Kier molecular flexibility index (Phi) is 7.03. The lowest BCUT2D eigenvalue weighted by atomic mass is 10.1. The van der Waals surface area contributed by atoms with Crippen molar-refractivity contribution in [1.29, 1.82) is 0 Å². The van der Waals surface area contributed by atoms with Gasteiger partial charge < -0.3 is 19.7 Å². The third-order valence-electron chi connectivity index (χ3n) is 4.26. The summed E-state index contributed by atoms with van der Waals surface area (Å²) in [5, 5.41) is 19.8. The fraction of sp³-hybridized carbons (Fsp3) is 0.0870. The first-order chi connectivity index (χ1) is 14.4. The highest BCUT2D eigenvalue weighted by molar-refractivity contribution is 9.10. The summed E-state index contributed by atoms with van der Waals surface area (Å²) in [5.74, 6) is 0.522. The minimum Gasteiger partial charge on any atom is -0.508 e. The first-order valence-corrected chi connectivity index (χ1v) is 10.0. The van der Waals surface area contributed by atoms with Crippen molar-refractivity contribution in [3.63, 3.8) is 0 Å². The minimum absolute atomic E-state index is 0.105. The van der Waals surface area contributed by atoms with Crippen LogP contribution in [0.1, 0.15) is 21.5 Å². The molecule has 0 saturated carbocycles. The van der Waals surface area contributed by atoms with Gasteiger partial charge in [0.05, 0.1) is 17.1 Å². The van der Waals surface area contributed by atoms with E-state index >= 15 is 0 Å². The molecule has 7 heteroatoms. The normalized spacial score (nSPS) is 10.9. The van der Waals surface area contributed by atoms with Crippen molar-refractivity contribution in [2.75, 3.05) is 7.11 Å². The van der Waals surface area contributed by atoms with Gasteiger partial charge in [-0.2, -0.15) is 0 Å². The third-order valence-corrected chi connectivity index (χ3v) is 5.11. The molecule has 0 saturated heterocycles. The Bertz CT molecular complexity index is 1110. The summed E-state index contributed by atoms with van der Waals surface area (Å²) in [6.07, 6.45) is 2.99. The molecule has 3 aromatic rings. The van der Waals surface area contributed by atoms with Crippen molar-refractivity contribution in [1.82, 2.24) is 0 Å². The van der Waals surface area contributed by atoms with Crippen LogP contribution in [-0.2, 0) is 6.61 Å². The number of carbonyl (C=O) groups is 1. The molecule has 0 radical (unpaired) electrons. The Morgan fingerprint density at radius 1 is 1.07 bits per heavy atom. The number of hydrogen-bond donors (Lipinski definition) is 2. The SMILES string of the molecule is COc1ccc(/C=C/C(=O)c2ccc(O)cc2O)cc1COc1ccc(Cl)cc1Br. The molecule has 0 aromatic heterocycles. The monoisotopic (exact) mass is 488 g/mol. The number of ketones is 1. The summed E-state index contributed by atoms with van der Waals surface area (Å²) in [7, 11) is 1.57. The maximum atomic E-state index is 12.3. The second-order valence-corrected chi connectivity index (χ2v) is 7.62. The number of ether oxygens (including phenoxy) is 2. The number of phenols is 2. The van der Waals surface area contributed by atoms with Gasteiger partial charge in [0.2, 0.25) is 0 Å². The number of carbonyl (C=O) groups excluding carboxylic acids is 1. The van der Waals surface area contributed by atoms with Crippen molar-refractivity contribution in [3.05, 3.63) is 86.9 Å². The fourth-order valence-corrected chi connectivity index (χ4v) is 3.55. The van der Waals surface area contributed by atoms with Crippen molar-refractivity contribution < 1.29 is 24.5 Å². The molecule has 30 heavy (non-hydrogen) atoms. The van der Waals surface area contributed by atoms with Crippen molar-refractivity contribution in [3.8, 4) is 23.0 Å². The van der Waals surface area contributed by atoms with Gasteiger partial charge in [-0.05, 0) is 70.0 Å². The number of allylic oxidation sites excluding steroid dienone is 1. The van der Waals surface area contributed by atoms with Gasteiger partial charge in [-0.3, -0.25) is 4.79 Å². The quantitative estimate of drug-likeness (QED) is 0.314. The summed E-state index contributed by atoms with van der Waals surface area (Å²) in [4.78, 5) is 12.3. The van der Waals surface area contributed by atoms with Crippen LogP contribution >= 0.6 is 27.5 Å². The Labute approximate surface area is 187 Å². The van der Waals surface area contributed by atoms with Gasteiger partial charge in [0.1, 0.15) is 29.6 Å². The standard InChI is InChI=1S/C23H18BrClO5/c1-29-22-8-3-14(2-7-20(27)18-6-5-17(26)12-21(18)28)10-15(22)13-30-23-9-4-16(25)11-19(23)24/h2-12,26,28H,13H2,1H3/b7-2+. The molecule has 154 valence electrons. The Morgan fingerprint density at radius 2 is 1.83 bits per heavy atom. The molecule has 3 aromatic carbocycles. The van der Waals surface area contributed by atoms with Crippen LogP contribution in [0, 0.1) is 0 Å². The highest BCUT2D eigenvalue weighted by Crippen LogP contribution is 2.30. The van der Waals surface area contributed by atoms with E-state index < -0.39 is 0 Å². The van der Waals surface area contributed by atoms with E-state index in [4.69, 9.17) is 21.1 Å². The molecule has 0 aliphatic rings. The molecule has 0 atom stereocenters. The van der Waals surface area contributed by atoms with Gasteiger partial charge in [0, 0.05) is 16.7 Å². The molecule has 0 aliphatic heterocycles. The number of methoxy groups -OCH3 is 1. The van der Waals surface area contributed by atoms with Crippen LogP contribution in [0.3, 0.4) is 0 Å². The molecule has 5 nitrogen and oxygen atoms in total. The molecular weight excluding hydrogens is 472 g/mol. The number of phenolic OH excluding ortho intramolecular Hbond substituents is 2. The maximum absolute atomic E-state index is 12.3. The predicted octanol–water partition coefficient (Wildman–Crippen LogP) is 6.00. The van der Waals surface area contributed by atoms with Gasteiger partial charge in [-0.1, -0.05) is 23.7 Å². The summed E-state index contributed by atoms with van der Waals surface area (Å²) >= 11 is 9.37. The van der Waals surface area contributed by atoms with E-state index in [0.717, 1.165) is 21.7 Å².